The molecular formula is C19H21FN6O2. The molecule has 1 N–H and O–H groups in total. The van der Waals surface area contributed by atoms with Crippen LogP contribution in [0.4, 0.5) is 4.39 Å². The lowest BCUT2D eigenvalue weighted by Crippen LogP contribution is -2.49. The molecule has 28 heavy (non-hydrogen) atoms. The first-order chi connectivity index (χ1) is 13.5. The number of carbonyl (C=O) groups excluding carboxylic acids is 1. The van der Waals surface area contributed by atoms with Crippen LogP contribution in [0.15, 0.2) is 29.3 Å². The number of fused-ring (bicyclic) bond motifs is 1. The Kier molecular flexibility index (Phi) is 3.68. The molecule has 3 aromatic heterocycles. The highest BCUT2D eigenvalue weighted by molar-refractivity contribution is 5.95. The number of hydrogen-bond acceptors (Lipinski definition) is 4. The van der Waals surface area contributed by atoms with E-state index < -0.39 is 6.17 Å². The molecule has 1 saturated heterocycles. The van der Waals surface area contributed by atoms with Gasteiger partial charge in [-0.2, -0.15) is 5.10 Å². The number of H-pyrrole nitrogens is 1. The van der Waals surface area contributed by atoms with Gasteiger partial charge in [-0.05, 0) is 50.2 Å². The van der Waals surface area contributed by atoms with Gasteiger partial charge in [0.2, 0.25) is 5.95 Å². The molecule has 1 saturated carbocycles. The van der Waals surface area contributed by atoms with Gasteiger partial charge in [0.25, 0.3) is 11.5 Å². The summed E-state index contributed by atoms with van der Waals surface area (Å²) in [6.45, 7) is 3.06. The standard InChI is InChI=1S/C19H21FN6O2/c1-12-14(17(28)24-7-4-19(5-8-24)9-13(20)10-19)11-21-26(12)18-22-16(27)15-3-2-6-25(15)23-18/h2-3,6,11,13H,4-5,7-10H2,1H3,(H,22,23,27). The first kappa shape index (κ1) is 17.2. The van der Waals surface area contributed by atoms with Crippen molar-refractivity contribution in [3.63, 3.8) is 0 Å². The summed E-state index contributed by atoms with van der Waals surface area (Å²) >= 11 is 0. The number of nitrogens with zero attached hydrogens (tertiary/aromatic N) is 5. The van der Waals surface area contributed by atoms with Crippen LogP contribution in [0.2, 0.25) is 0 Å². The minimum Gasteiger partial charge on any atom is -0.339 e. The highest BCUT2D eigenvalue weighted by Gasteiger charge is 2.46. The van der Waals surface area contributed by atoms with Crippen molar-refractivity contribution in [2.75, 3.05) is 13.1 Å². The van der Waals surface area contributed by atoms with Gasteiger partial charge in [-0.3, -0.25) is 14.6 Å². The van der Waals surface area contributed by atoms with Gasteiger partial charge in [-0.15, -0.1) is 5.10 Å². The average Bonchev–Trinajstić information content (AvgIpc) is 3.27. The topological polar surface area (TPSA) is 88.3 Å². The molecule has 2 aliphatic rings. The normalized spacial score (nSPS) is 19.3. The van der Waals surface area contributed by atoms with Gasteiger partial charge >= 0.3 is 0 Å². The Bertz CT molecular complexity index is 1110. The number of nitrogens with one attached hydrogen (secondary N) is 1. The number of carbonyl (C=O) groups is 1. The zero-order chi connectivity index (χ0) is 19.5. The van der Waals surface area contributed by atoms with Gasteiger partial charge in [-0.25, -0.2) is 13.6 Å². The Morgan fingerprint density at radius 2 is 2.07 bits per heavy atom. The highest BCUT2D eigenvalue weighted by Crippen LogP contribution is 2.50. The number of likely N-dealkylation sites (tertiary alicyclic amines) is 1. The minimum absolute atomic E-state index is 0.0842. The summed E-state index contributed by atoms with van der Waals surface area (Å²) in [4.78, 5) is 29.7. The van der Waals surface area contributed by atoms with Crippen molar-refractivity contribution >= 4 is 11.4 Å². The van der Waals surface area contributed by atoms with Gasteiger partial charge in [0.15, 0.2) is 0 Å². The second kappa shape index (κ2) is 6.02. The van der Waals surface area contributed by atoms with Crippen LogP contribution in [-0.2, 0) is 0 Å². The van der Waals surface area contributed by atoms with Crippen LogP contribution in [0.5, 0.6) is 0 Å². The van der Waals surface area contributed by atoms with Crippen molar-refractivity contribution < 1.29 is 9.18 Å². The number of aromatic amines is 1. The predicted octanol–water partition coefficient (Wildman–Crippen LogP) is 1.87. The molecule has 9 heteroatoms. The van der Waals surface area contributed by atoms with Crippen LogP contribution in [0.1, 0.15) is 41.7 Å². The van der Waals surface area contributed by atoms with E-state index in [4.69, 9.17) is 0 Å². The molecule has 146 valence electrons. The fourth-order valence-electron chi connectivity index (χ4n) is 4.50. The van der Waals surface area contributed by atoms with Crippen molar-refractivity contribution in [2.24, 2.45) is 5.41 Å². The van der Waals surface area contributed by atoms with Gasteiger partial charge in [0, 0.05) is 19.3 Å². The van der Waals surface area contributed by atoms with Crippen LogP contribution in [0, 0.1) is 12.3 Å². The minimum atomic E-state index is -0.671. The molecule has 5 rings (SSSR count). The van der Waals surface area contributed by atoms with E-state index in [-0.39, 0.29) is 22.8 Å². The second-order valence-corrected chi connectivity index (χ2v) is 7.97. The summed E-state index contributed by atoms with van der Waals surface area (Å²) in [5.74, 6) is 0.172. The fourth-order valence-corrected chi connectivity index (χ4v) is 4.50. The smallest absolute Gasteiger partial charge is 0.276 e. The van der Waals surface area contributed by atoms with Gasteiger partial charge in [0.1, 0.15) is 11.7 Å². The zero-order valence-electron chi connectivity index (χ0n) is 15.6. The van der Waals surface area contributed by atoms with Crippen LogP contribution in [0.25, 0.3) is 11.5 Å². The van der Waals surface area contributed by atoms with Crippen molar-refractivity contribution in [1.29, 1.82) is 0 Å². The Morgan fingerprint density at radius 3 is 2.79 bits per heavy atom. The SMILES string of the molecule is Cc1c(C(=O)N2CCC3(CC2)CC(F)C3)cnn1-c1nn2cccc2c(=O)[nH]1. The predicted molar refractivity (Wildman–Crippen MR) is 99.4 cm³/mol. The van der Waals surface area contributed by atoms with Crippen LogP contribution < -0.4 is 5.56 Å². The molecule has 0 bridgehead atoms. The summed E-state index contributed by atoms with van der Waals surface area (Å²) in [5, 5.41) is 8.63. The van der Waals surface area contributed by atoms with E-state index in [1.165, 1.54) is 15.4 Å². The lowest BCUT2D eigenvalue weighted by Gasteiger charge is -2.49. The van der Waals surface area contributed by atoms with E-state index in [0.29, 0.717) is 42.7 Å². The number of amides is 1. The van der Waals surface area contributed by atoms with Crippen molar-refractivity contribution in [2.45, 2.75) is 38.8 Å². The number of alkyl halides is 1. The molecule has 1 aliphatic heterocycles. The molecule has 0 aromatic carbocycles. The average molecular weight is 384 g/mol. The first-order valence-corrected chi connectivity index (χ1v) is 9.52. The molecule has 2 fully saturated rings. The second-order valence-electron chi connectivity index (χ2n) is 7.97. The number of rotatable bonds is 2. The van der Waals surface area contributed by atoms with Gasteiger partial charge in [0.05, 0.1) is 17.5 Å². The van der Waals surface area contributed by atoms with Crippen molar-refractivity contribution in [3.05, 3.63) is 46.1 Å². The molecule has 8 nitrogen and oxygen atoms in total. The lowest BCUT2D eigenvalue weighted by molar-refractivity contribution is -0.0240. The molecular weight excluding hydrogens is 363 g/mol. The number of halogens is 1. The van der Waals surface area contributed by atoms with Gasteiger partial charge in [-0.1, -0.05) is 0 Å². The van der Waals surface area contributed by atoms with Crippen molar-refractivity contribution in [1.82, 2.24) is 29.3 Å². The van der Waals surface area contributed by atoms with Crippen LogP contribution in [0.3, 0.4) is 0 Å². The molecule has 1 aliphatic carbocycles. The van der Waals surface area contributed by atoms with E-state index >= 15 is 0 Å². The molecule has 3 aromatic rings. The highest BCUT2D eigenvalue weighted by atomic mass is 19.1. The van der Waals surface area contributed by atoms with Crippen LogP contribution >= 0.6 is 0 Å². The first-order valence-electron chi connectivity index (χ1n) is 9.52. The Balaban J connectivity index is 1.39. The largest absolute Gasteiger partial charge is 0.339 e. The number of piperidine rings is 1. The van der Waals surface area contributed by atoms with Crippen molar-refractivity contribution in [3.8, 4) is 5.95 Å². The lowest BCUT2D eigenvalue weighted by atomic mass is 9.62. The van der Waals surface area contributed by atoms with E-state index in [2.05, 4.69) is 15.2 Å². The summed E-state index contributed by atoms with van der Waals surface area (Å²) in [6.07, 6.45) is 5.50. The quantitative estimate of drug-likeness (QED) is 0.731. The Hall–Kier alpha value is -2.97. The maximum atomic E-state index is 13.3. The third kappa shape index (κ3) is 2.56. The monoisotopic (exact) mass is 384 g/mol. The Labute approximate surface area is 160 Å². The number of hydrogen-bond donors (Lipinski definition) is 1. The van der Waals surface area contributed by atoms with E-state index in [9.17, 15) is 14.0 Å². The summed E-state index contributed by atoms with van der Waals surface area (Å²) < 4.78 is 16.2. The van der Waals surface area contributed by atoms with E-state index in [1.807, 2.05) is 4.90 Å². The van der Waals surface area contributed by atoms with Crippen LogP contribution in [-0.4, -0.2) is 54.4 Å². The Morgan fingerprint density at radius 1 is 1.32 bits per heavy atom. The van der Waals surface area contributed by atoms with E-state index in [1.54, 1.807) is 25.3 Å². The fraction of sp³-hybridized carbons (Fsp3) is 0.474. The van der Waals surface area contributed by atoms with Gasteiger partial charge < -0.3 is 4.90 Å². The number of aromatic nitrogens is 5. The molecule has 0 unspecified atom stereocenters. The molecule has 1 spiro atoms. The summed E-state index contributed by atoms with van der Waals surface area (Å²) in [6, 6.07) is 3.42. The third-order valence-corrected chi connectivity index (χ3v) is 6.25. The van der Waals surface area contributed by atoms with E-state index in [0.717, 1.165) is 12.8 Å². The maximum absolute atomic E-state index is 13.3. The summed E-state index contributed by atoms with van der Waals surface area (Å²) in [7, 11) is 0. The molecule has 0 atom stereocenters. The summed E-state index contributed by atoms with van der Waals surface area (Å²) in [5.41, 5.74) is 1.38. The molecule has 4 heterocycles. The third-order valence-electron chi connectivity index (χ3n) is 6.25. The molecule has 1 amide bonds. The zero-order valence-corrected chi connectivity index (χ0v) is 15.6. The maximum Gasteiger partial charge on any atom is 0.276 e. The molecule has 0 radical (unpaired) electrons.